The first-order chi connectivity index (χ1) is 9.49. The van der Waals surface area contributed by atoms with Crippen LogP contribution in [-0.4, -0.2) is 11.9 Å². The van der Waals surface area contributed by atoms with E-state index in [1.165, 1.54) is 12.1 Å². The van der Waals surface area contributed by atoms with Crippen molar-refractivity contribution >= 4 is 21.6 Å². The molecule has 0 radical (unpaired) electrons. The Bertz CT molecular complexity index is 617. The molecule has 0 fully saturated rings. The lowest BCUT2D eigenvalue weighted by atomic mass is 10.1. The van der Waals surface area contributed by atoms with Gasteiger partial charge in [0.2, 0.25) is 0 Å². The van der Waals surface area contributed by atoms with Crippen LogP contribution in [0.25, 0.3) is 0 Å². The van der Waals surface area contributed by atoms with E-state index in [1.807, 2.05) is 29.2 Å². The minimum atomic E-state index is -0.558. The van der Waals surface area contributed by atoms with Crippen LogP contribution < -0.4 is 5.73 Å². The maximum atomic E-state index is 13.9. The van der Waals surface area contributed by atoms with Crippen LogP contribution in [0.15, 0.2) is 40.9 Å². The van der Waals surface area contributed by atoms with Crippen LogP contribution in [0.5, 0.6) is 0 Å². The van der Waals surface area contributed by atoms with Gasteiger partial charge < -0.3 is 5.73 Å². The molecule has 0 atom stereocenters. The molecule has 0 aliphatic carbocycles. The highest BCUT2D eigenvalue weighted by Gasteiger charge is 2.14. The summed E-state index contributed by atoms with van der Waals surface area (Å²) in [6.07, 6.45) is 0. The van der Waals surface area contributed by atoms with E-state index in [-0.39, 0.29) is 16.6 Å². The van der Waals surface area contributed by atoms with E-state index in [4.69, 9.17) is 5.73 Å². The predicted octanol–water partition coefficient (Wildman–Crippen LogP) is 3.94. The Labute approximate surface area is 125 Å². The van der Waals surface area contributed by atoms with Crippen LogP contribution in [0.2, 0.25) is 0 Å². The number of hydrogen-bond acceptors (Lipinski definition) is 2. The topological polar surface area (TPSA) is 29.3 Å². The van der Waals surface area contributed by atoms with Gasteiger partial charge in [0.05, 0.1) is 4.47 Å². The molecule has 0 aliphatic heterocycles. The zero-order chi connectivity index (χ0) is 14.7. The molecule has 106 valence electrons. The molecule has 5 heteroatoms. The Morgan fingerprint density at radius 1 is 1.10 bits per heavy atom. The van der Waals surface area contributed by atoms with Gasteiger partial charge in [0.15, 0.2) is 0 Å². The summed E-state index contributed by atoms with van der Waals surface area (Å²) in [5, 5.41) is 0. The Hall–Kier alpha value is -1.46. The van der Waals surface area contributed by atoms with Crippen molar-refractivity contribution < 1.29 is 8.78 Å². The molecule has 20 heavy (non-hydrogen) atoms. The average Bonchev–Trinajstić information content (AvgIpc) is 2.42. The molecular formula is C15H15BrF2N2. The molecule has 0 spiro atoms. The third-order valence-electron chi connectivity index (χ3n) is 3.06. The number of anilines is 1. The monoisotopic (exact) mass is 340 g/mol. The Balaban J connectivity index is 2.15. The lowest BCUT2D eigenvalue weighted by molar-refractivity contribution is 0.307. The highest BCUT2D eigenvalue weighted by molar-refractivity contribution is 9.10. The Morgan fingerprint density at radius 3 is 2.50 bits per heavy atom. The van der Waals surface area contributed by atoms with Crippen LogP contribution in [0.4, 0.5) is 14.5 Å². The van der Waals surface area contributed by atoms with Crippen LogP contribution in [0, 0.1) is 11.6 Å². The van der Waals surface area contributed by atoms with Gasteiger partial charge in [0, 0.05) is 24.3 Å². The minimum Gasteiger partial charge on any atom is -0.398 e. The van der Waals surface area contributed by atoms with Crippen molar-refractivity contribution in [1.82, 2.24) is 4.90 Å². The van der Waals surface area contributed by atoms with Gasteiger partial charge in [0.1, 0.15) is 11.6 Å². The fraction of sp³-hybridized carbons (Fsp3) is 0.200. The molecule has 2 aromatic rings. The van der Waals surface area contributed by atoms with Gasteiger partial charge in [-0.1, -0.05) is 18.2 Å². The Morgan fingerprint density at radius 2 is 1.80 bits per heavy atom. The summed E-state index contributed by atoms with van der Waals surface area (Å²) in [5.41, 5.74) is 7.53. The molecule has 2 rings (SSSR count). The van der Waals surface area contributed by atoms with E-state index in [2.05, 4.69) is 15.9 Å². The van der Waals surface area contributed by atoms with Gasteiger partial charge in [-0.05, 0) is 46.7 Å². The first kappa shape index (κ1) is 14.9. The maximum absolute atomic E-state index is 13.9. The predicted molar refractivity (Wildman–Crippen MR) is 80.1 cm³/mol. The summed E-state index contributed by atoms with van der Waals surface area (Å²) in [5.74, 6) is -1.10. The Kier molecular flexibility index (Phi) is 4.73. The quantitative estimate of drug-likeness (QED) is 0.674. The van der Waals surface area contributed by atoms with Gasteiger partial charge in [-0.2, -0.15) is 0 Å². The van der Waals surface area contributed by atoms with Gasteiger partial charge in [0.25, 0.3) is 0 Å². The van der Waals surface area contributed by atoms with Gasteiger partial charge in [-0.25, -0.2) is 8.78 Å². The van der Waals surface area contributed by atoms with Crippen LogP contribution in [0.1, 0.15) is 11.1 Å². The van der Waals surface area contributed by atoms with Crippen molar-refractivity contribution in [3.8, 4) is 0 Å². The van der Waals surface area contributed by atoms with Crippen molar-refractivity contribution in [2.75, 3.05) is 12.8 Å². The number of benzene rings is 2. The second kappa shape index (κ2) is 6.33. The summed E-state index contributed by atoms with van der Waals surface area (Å²) in [7, 11) is 1.80. The fourth-order valence-corrected chi connectivity index (χ4v) is 2.38. The number of nitrogen functional groups attached to an aromatic ring is 1. The summed E-state index contributed by atoms with van der Waals surface area (Å²) in [6.45, 7) is 0.698. The molecule has 0 amide bonds. The van der Waals surface area contributed by atoms with E-state index in [9.17, 15) is 8.78 Å². The largest absolute Gasteiger partial charge is 0.398 e. The SMILES string of the molecule is CN(Cc1ccccc1N)Cc1c(F)ccc(Br)c1F. The lowest BCUT2D eigenvalue weighted by Gasteiger charge is -2.19. The third-order valence-corrected chi connectivity index (χ3v) is 3.67. The zero-order valence-electron chi connectivity index (χ0n) is 11.0. The number of halogens is 3. The summed E-state index contributed by atoms with van der Waals surface area (Å²) in [6, 6.07) is 10.1. The van der Waals surface area contributed by atoms with Gasteiger partial charge in [-0.15, -0.1) is 0 Å². The average molecular weight is 341 g/mol. The summed E-state index contributed by atoms with van der Waals surface area (Å²) in [4.78, 5) is 1.82. The molecule has 2 aromatic carbocycles. The number of rotatable bonds is 4. The first-order valence-corrected chi connectivity index (χ1v) is 6.92. The molecule has 0 bridgehead atoms. The lowest BCUT2D eigenvalue weighted by Crippen LogP contribution is -2.19. The van der Waals surface area contributed by atoms with Gasteiger partial charge in [-0.3, -0.25) is 4.90 Å². The highest BCUT2D eigenvalue weighted by Crippen LogP contribution is 2.23. The molecule has 0 saturated carbocycles. The summed E-state index contributed by atoms with van der Waals surface area (Å²) >= 11 is 3.07. The second-order valence-electron chi connectivity index (χ2n) is 4.69. The molecule has 0 aromatic heterocycles. The number of hydrogen-bond donors (Lipinski definition) is 1. The highest BCUT2D eigenvalue weighted by atomic mass is 79.9. The molecule has 2 N–H and O–H groups in total. The molecule has 2 nitrogen and oxygen atoms in total. The maximum Gasteiger partial charge on any atom is 0.144 e. The van der Waals surface area contributed by atoms with E-state index in [0.29, 0.717) is 12.2 Å². The molecule has 0 aliphatic rings. The van der Waals surface area contributed by atoms with Crippen LogP contribution in [0.3, 0.4) is 0 Å². The number of nitrogens with two attached hydrogens (primary N) is 1. The van der Waals surface area contributed by atoms with Crippen molar-refractivity contribution in [3.63, 3.8) is 0 Å². The molecule has 0 saturated heterocycles. The standard InChI is InChI=1S/C15H15BrF2N2/c1-20(8-10-4-2-3-5-14(10)19)9-11-13(17)7-6-12(16)15(11)18/h2-7H,8-9,19H2,1H3. The fourth-order valence-electron chi connectivity index (χ4n) is 2.01. The summed E-state index contributed by atoms with van der Waals surface area (Å²) < 4.78 is 27.9. The van der Waals surface area contributed by atoms with Crippen molar-refractivity contribution in [3.05, 3.63) is 63.6 Å². The number of nitrogens with zero attached hydrogens (tertiary/aromatic N) is 1. The van der Waals surface area contributed by atoms with Crippen LogP contribution >= 0.6 is 15.9 Å². The number of para-hydroxylation sites is 1. The van der Waals surface area contributed by atoms with E-state index in [0.717, 1.165) is 5.56 Å². The minimum absolute atomic E-state index is 0.0522. The molecule has 0 unspecified atom stereocenters. The van der Waals surface area contributed by atoms with Crippen molar-refractivity contribution in [2.45, 2.75) is 13.1 Å². The smallest absolute Gasteiger partial charge is 0.144 e. The molecule has 0 heterocycles. The van der Waals surface area contributed by atoms with E-state index < -0.39 is 11.6 Å². The molecular weight excluding hydrogens is 326 g/mol. The normalized spacial score (nSPS) is 11.1. The van der Waals surface area contributed by atoms with Crippen LogP contribution in [-0.2, 0) is 13.1 Å². The van der Waals surface area contributed by atoms with Gasteiger partial charge >= 0.3 is 0 Å². The van der Waals surface area contributed by atoms with Crippen molar-refractivity contribution in [2.24, 2.45) is 0 Å². The zero-order valence-corrected chi connectivity index (χ0v) is 12.6. The third kappa shape index (κ3) is 3.35. The van der Waals surface area contributed by atoms with E-state index >= 15 is 0 Å². The second-order valence-corrected chi connectivity index (χ2v) is 5.55. The van der Waals surface area contributed by atoms with Crippen molar-refractivity contribution in [1.29, 1.82) is 0 Å². The first-order valence-electron chi connectivity index (χ1n) is 6.13. The van der Waals surface area contributed by atoms with E-state index in [1.54, 1.807) is 7.05 Å².